The Balaban J connectivity index is 1.59. The largest absolute Gasteiger partial charge is 0.380 e. The number of ether oxygens (including phenoxy) is 1. The quantitative estimate of drug-likeness (QED) is 0.759. The first-order valence-electron chi connectivity index (χ1n) is 5.97. The number of rotatable bonds is 7. The van der Waals surface area contributed by atoms with Gasteiger partial charge in [0, 0.05) is 24.7 Å². The molecule has 0 amide bonds. The van der Waals surface area contributed by atoms with E-state index in [4.69, 9.17) is 16.3 Å². The Morgan fingerprint density at radius 3 is 2.88 bits per heavy atom. The summed E-state index contributed by atoms with van der Waals surface area (Å²) in [6, 6.07) is 4.57. The van der Waals surface area contributed by atoms with Crippen LogP contribution in [0, 0.1) is 11.7 Å². The van der Waals surface area contributed by atoms with Gasteiger partial charge in [-0.25, -0.2) is 4.39 Å². The van der Waals surface area contributed by atoms with Crippen molar-refractivity contribution in [2.45, 2.75) is 19.4 Å². The lowest BCUT2D eigenvalue weighted by Crippen LogP contribution is -2.19. The van der Waals surface area contributed by atoms with Crippen molar-refractivity contribution in [3.05, 3.63) is 34.6 Å². The van der Waals surface area contributed by atoms with E-state index in [1.165, 1.54) is 25.0 Å². The second-order valence-corrected chi connectivity index (χ2v) is 4.91. The standard InChI is InChI=1S/C13H17ClFNO/c14-12-5-11(6-13(15)7-12)8-16-3-4-17-9-10-1-2-10/h5-7,10,16H,1-4,8-9H2. The predicted molar refractivity (Wildman–Crippen MR) is 66.7 cm³/mol. The summed E-state index contributed by atoms with van der Waals surface area (Å²) in [7, 11) is 0. The van der Waals surface area contributed by atoms with Crippen LogP contribution in [-0.4, -0.2) is 19.8 Å². The summed E-state index contributed by atoms with van der Waals surface area (Å²) in [6.45, 7) is 2.98. The molecule has 2 nitrogen and oxygen atoms in total. The summed E-state index contributed by atoms with van der Waals surface area (Å²) in [4.78, 5) is 0. The van der Waals surface area contributed by atoms with E-state index < -0.39 is 0 Å². The van der Waals surface area contributed by atoms with Gasteiger partial charge in [-0.15, -0.1) is 0 Å². The maximum absolute atomic E-state index is 13.0. The molecule has 0 unspecified atom stereocenters. The molecular weight excluding hydrogens is 241 g/mol. The molecule has 1 aliphatic carbocycles. The normalized spacial score (nSPS) is 15.2. The predicted octanol–water partition coefficient (Wildman–Crippen LogP) is 3.00. The van der Waals surface area contributed by atoms with Gasteiger partial charge in [0.05, 0.1) is 6.61 Å². The molecule has 4 heteroatoms. The Morgan fingerprint density at radius 2 is 2.18 bits per heavy atom. The minimum atomic E-state index is -0.292. The van der Waals surface area contributed by atoms with E-state index in [0.29, 0.717) is 18.2 Å². The van der Waals surface area contributed by atoms with E-state index in [0.717, 1.165) is 24.6 Å². The lowest BCUT2D eigenvalue weighted by Gasteiger charge is -2.06. The Bertz CT molecular complexity index is 348. The Hall–Kier alpha value is -0.640. The van der Waals surface area contributed by atoms with Crippen LogP contribution in [0.5, 0.6) is 0 Å². The first kappa shape index (κ1) is 12.8. The zero-order chi connectivity index (χ0) is 12.1. The first-order valence-corrected chi connectivity index (χ1v) is 6.35. The van der Waals surface area contributed by atoms with E-state index in [9.17, 15) is 4.39 Å². The molecule has 1 N–H and O–H groups in total. The van der Waals surface area contributed by atoms with Crippen LogP contribution in [0.3, 0.4) is 0 Å². The third kappa shape index (κ3) is 5.02. The molecule has 0 aromatic heterocycles. The highest BCUT2D eigenvalue weighted by atomic mass is 35.5. The van der Waals surface area contributed by atoms with Crippen LogP contribution < -0.4 is 5.32 Å². The number of nitrogens with one attached hydrogen (secondary N) is 1. The van der Waals surface area contributed by atoms with Gasteiger partial charge in [-0.1, -0.05) is 11.6 Å². The van der Waals surface area contributed by atoms with E-state index in [1.54, 1.807) is 6.07 Å². The topological polar surface area (TPSA) is 21.3 Å². The highest BCUT2D eigenvalue weighted by Gasteiger charge is 2.20. The van der Waals surface area contributed by atoms with Crippen LogP contribution in [0.2, 0.25) is 5.02 Å². The highest BCUT2D eigenvalue weighted by molar-refractivity contribution is 6.30. The molecule has 1 aromatic rings. The summed E-state index contributed by atoms with van der Waals surface area (Å²) < 4.78 is 18.5. The summed E-state index contributed by atoms with van der Waals surface area (Å²) in [6.07, 6.45) is 2.63. The molecule has 1 aliphatic rings. The van der Waals surface area contributed by atoms with Crippen LogP contribution >= 0.6 is 11.6 Å². The maximum Gasteiger partial charge on any atom is 0.125 e. The smallest absolute Gasteiger partial charge is 0.125 e. The Labute approximate surface area is 106 Å². The van der Waals surface area contributed by atoms with Crippen molar-refractivity contribution in [1.29, 1.82) is 0 Å². The van der Waals surface area contributed by atoms with Gasteiger partial charge in [-0.05, 0) is 42.5 Å². The number of benzene rings is 1. The van der Waals surface area contributed by atoms with E-state index in [1.807, 2.05) is 0 Å². The summed E-state index contributed by atoms with van der Waals surface area (Å²) in [5, 5.41) is 3.64. The van der Waals surface area contributed by atoms with Gasteiger partial charge < -0.3 is 10.1 Å². The van der Waals surface area contributed by atoms with Crippen molar-refractivity contribution in [3.8, 4) is 0 Å². The average molecular weight is 258 g/mol. The molecule has 0 radical (unpaired) electrons. The van der Waals surface area contributed by atoms with Crippen LogP contribution in [0.4, 0.5) is 4.39 Å². The summed E-state index contributed by atoms with van der Waals surface area (Å²) in [5.41, 5.74) is 0.859. The van der Waals surface area contributed by atoms with Crippen molar-refractivity contribution in [1.82, 2.24) is 5.32 Å². The van der Waals surface area contributed by atoms with Gasteiger partial charge in [-0.2, -0.15) is 0 Å². The fraction of sp³-hybridized carbons (Fsp3) is 0.538. The molecule has 0 aliphatic heterocycles. The number of hydrogen-bond acceptors (Lipinski definition) is 2. The number of hydrogen-bond donors (Lipinski definition) is 1. The van der Waals surface area contributed by atoms with Crippen LogP contribution in [0.25, 0.3) is 0 Å². The monoisotopic (exact) mass is 257 g/mol. The molecule has 94 valence electrons. The van der Waals surface area contributed by atoms with Gasteiger partial charge in [0.1, 0.15) is 5.82 Å². The highest BCUT2D eigenvalue weighted by Crippen LogP contribution is 2.28. The SMILES string of the molecule is Fc1cc(Cl)cc(CNCCOCC2CC2)c1. The maximum atomic E-state index is 13.0. The summed E-state index contributed by atoms with van der Waals surface area (Å²) >= 11 is 5.76. The van der Waals surface area contributed by atoms with Crippen molar-refractivity contribution < 1.29 is 9.13 Å². The molecule has 2 rings (SSSR count). The van der Waals surface area contributed by atoms with E-state index in [2.05, 4.69) is 5.32 Å². The molecule has 17 heavy (non-hydrogen) atoms. The second-order valence-electron chi connectivity index (χ2n) is 4.47. The zero-order valence-electron chi connectivity index (χ0n) is 9.72. The molecule has 0 heterocycles. The van der Waals surface area contributed by atoms with Gasteiger partial charge in [0.15, 0.2) is 0 Å². The van der Waals surface area contributed by atoms with Crippen molar-refractivity contribution in [2.24, 2.45) is 5.92 Å². The minimum absolute atomic E-state index is 0.292. The third-order valence-electron chi connectivity index (χ3n) is 2.73. The van der Waals surface area contributed by atoms with Crippen LogP contribution in [-0.2, 0) is 11.3 Å². The lowest BCUT2D eigenvalue weighted by molar-refractivity contribution is 0.126. The zero-order valence-corrected chi connectivity index (χ0v) is 10.5. The lowest BCUT2D eigenvalue weighted by atomic mass is 10.2. The van der Waals surface area contributed by atoms with E-state index >= 15 is 0 Å². The van der Waals surface area contributed by atoms with Gasteiger partial charge in [0.2, 0.25) is 0 Å². The molecule has 1 fully saturated rings. The fourth-order valence-corrected chi connectivity index (χ4v) is 1.87. The summed E-state index contributed by atoms with van der Waals surface area (Å²) in [5.74, 6) is 0.510. The Morgan fingerprint density at radius 1 is 1.35 bits per heavy atom. The van der Waals surface area contributed by atoms with Crippen LogP contribution in [0.1, 0.15) is 18.4 Å². The first-order chi connectivity index (χ1) is 8.24. The third-order valence-corrected chi connectivity index (χ3v) is 2.94. The average Bonchev–Trinajstić information content (AvgIpc) is 3.05. The number of halogens is 2. The Kier molecular flexibility index (Phi) is 4.77. The molecule has 1 saturated carbocycles. The fourth-order valence-electron chi connectivity index (χ4n) is 1.62. The van der Waals surface area contributed by atoms with Crippen molar-refractivity contribution in [3.63, 3.8) is 0 Å². The molecule has 0 bridgehead atoms. The van der Waals surface area contributed by atoms with Crippen molar-refractivity contribution in [2.75, 3.05) is 19.8 Å². The van der Waals surface area contributed by atoms with E-state index in [-0.39, 0.29) is 5.82 Å². The van der Waals surface area contributed by atoms with Crippen molar-refractivity contribution >= 4 is 11.6 Å². The molecular formula is C13H17ClFNO. The van der Waals surface area contributed by atoms with Gasteiger partial charge >= 0.3 is 0 Å². The van der Waals surface area contributed by atoms with Gasteiger partial charge in [-0.3, -0.25) is 0 Å². The van der Waals surface area contributed by atoms with Crippen LogP contribution in [0.15, 0.2) is 18.2 Å². The molecule has 0 atom stereocenters. The van der Waals surface area contributed by atoms with Gasteiger partial charge in [0.25, 0.3) is 0 Å². The minimum Gasteiger partial charge on any atom is -0.380 e. The molecule has 0 saturated heterocycles. The molecule has 1 aromatic carbocycles. The molecule has 0 spiro atoms. The second kappa shape index (κ2) is 6.34.